The number of aromatic nitrogens is 2. The van der Waals surface area contributed by atoms with Gasteiger partial charge in [-0.25, -0.2) is 4.39 Å². The second kappa shape index (κ2) is 8.21. The Morgan fingerprint density at radius 2 is 2.00 bits per heavy atom. The van der Waals surface area contributed by atoms with Crippen LogP contribution in [-0.4, -0.2) is 28.3 Å². The molecule has 2 aromatic heterocycles. The number of halogens is 1. The van der Waals surface area contributed by atoms with Crippen LogP contribution in [0.2, 0.25) is 0 Å². The third kappa shape index (κ3) is 3.50. The summed E-state index contributed by atoms with van der Waals surface area (Å²) < 4.78 is 25.0. The van der Waals surface area contributed by atoms with Crippen LogP contribution in [0, 0.1) is 11.7 Å². The standard InChI is InChI=1S/C24H20FN3O5S/c1-11(2)8-18-26-27-24(34-18)28-20(12-4-6-15(29)17(9-12)32-3)19-21(30)14-10-13(25)5-7-16(14)33-22(19)23(28)31/h4-7,9-11,20,29H,8H2,1-3H3. The van der Waals surface area contributed by atoms with E-state index >= 15 is 0 Å². The van der Waals surface area contributed by atoms with E-state index in [0.717, 1.165) is 11.1 Å². The predicted octanol–water partition coefficient (Wildman–Crippen LogP) is 4.45. The van der Waals surface area contributed by atoms with E-state index in [0.29, 0.717) is 23.0 Å². The maximum Gasteiger partial charge on any atom is 0.297 e. The first kappa shape index (κ1) is 22.0. The van der Waals surface area contributed by atoms with Crippen LogP contribution in [0.5, 0.6) is 11.5 Å². The van der Waals surface area contributed by atoms with Crippen LogP contribution in [0.4, 0.5) is 9.52 Å². The summed E-state index contributed by atoms with van der Waals surface area (Å²) in [5.41, 5.74) is 0.151. The molecular weight excluding hydrogens is 461 g/mol. The molecule has 1 atom stereocenters. The number of rotatable bonds is 5. The van der Waals surface area contributed by atoms with Crippen LogP contribution >= 0.6 is 11.3 Å². The van der Waals surface area contributed by atoms with Crippen molar-refractivity contribution in [1.82, 2.24) is 10.2 Å². The number of amides is 1. The fourth-order valence-corrected chi connectivity index (χ4v) is 5.17. The summed E-state index contributed by atoms with van der Waals surface area (Å²) in [6.45, 7) is 4.10. The van der Waals surface area contributed by atoms with Crippen LogP contribution < -0.4 is 15.1 Å². The van der Waals surface area contributed by atoms with Gasteiger partial charge >= 0.3 is 0 Å². The second-order valence-corrected chi connectivity index (χ2v) is 9.44. The van der Waals surface area contributed by atoms with Gasteiger partial charge in [0.25, 0.3) is 5.91 Å². The Hall–Kier alpha value is -3.79. The molecule has 0 aliphatic carbocycles. The molecule has 0 fully saturated rings. The zero-order valence-corrected chi connectivity index (χ0v) is 19.4. The molecule has 0 saturated heterocycles. The summed E-state index contributed by atoms with van der Waals surface area (Å²) >= 11 is 1.26. The van der Waals surface area contributed by atoms with Crippen molar-refractivity contribution in [1.29, 1.82) is 0 Å². The summed E-state index contributed by atoms with van der Waals surface area (Å²) in [5, 5.41) is 19.6. The molecular formula is C24H20FN3O5S. The van der Waals surface area contributed by atoms with Gasteiger partial charge in [-0.2, -0.15) is 0 Å². The van der Waals surface area contributed by atoms with E-state index in [1.54, 1.807) is 12.1 Å². The SMILES string of the molecule is COc1cc(C2c3c(oc4ccc(F)cc4c3=O)C(=O)N2c2nnc(CC(C)C)s2)ccc1O. The fraction of sp³-hybridized carbons (Fsp3) is 0.250. The average Bonchev–Trinajstić information content (AvgIpc) is 3.36. The normalized spacial score (nSPS) is 15.4. The quantitative estimate of drug-likeness (QED) is 0.449. The molecule has 10 heteroatoms. The molecule has 0 spiro atoms. The number of carbonyl (C=O) groups is 1. The number of carbonyl (C=O) groups excluding carboxylic acids is 1. The second-order valence-electron chi connectivity index (χ2n) is 8.40. The van der Waals surface area contributed by atoms with Crippen molar-refractivity contribution < 1.29 is 23.4 Å². The lowest BCUT2D eigenvalue weighted by molar-refractivity contribution is 0.0970. The first-order valence-electron chi connectivity index (χ1n) is 10.6. The number of aromatic hydroxyl groups is 1. The third-order valence-corrected chi connectivity index (χ3v) is 6.54. The van der Waals surface area contributed by atoms with Gasteiger partial charge < -0.3 is 14.3 Å². The van der Waals surface area contributed by atoms with Gasteiger partial charge in [-0.05, 0) is 41.8 Å². The monoisotopic (exact) mass is 481 g/mol. The average molecular weight is 482 g/mol. The van der Waals surface area contributed by atoms with E-state index in [9.17, 15) is 19.1 Å². The zero-order chi connectivity index (χ0) is 24.1. The largest absolute Gasteiger partial charge is 0.504 e. The van der Waals surface area contributed by atoms with Crippen molar-refractivity contribution in [2.45, 2.75) is 26.3 Å². The van der Waals surface area contributed by atoms with Crippen LogP contribution in [0.3, 0.4) is 0 Å². The molecule has 2 aromatic carbocycles. The van der Waals surface area contributed by atoms with Crippen LogP contribution in [0.15, 0.2) is 45.6 Å². The number of phenols is 1. The highest BCUT2D eigenvalue weighted by Gasteiger charge is 2.45. The molecule has 1 amide bonds. The lowest BCUT2D eigenvalue weighted by Crippen LogP contribution is -2.29. The molecule has 0 radical (unpaired) electrons. The fourth-order valence-electron chi connectivity index (χ4n) is 4.10. The van der Waals surface area contributed by atoms with E-state index < -0.39 is 23.2 Å². The molecule has 4 aromatic rings. The molecule has 1 N–H and O–H groups in total. The summed E-state index contributed by atoms with van der Waals surface area (Å²) in [4.78, 5) is 28.5. The number of nitrogens with zero attached hydrogens (tertiary/aromatic N) is 3. The first-order chi connectivity index (χ1) is 16.3. The first-order valence-corrected chi connectivity index (χ1v) is 11.4. The van der Waals surface area contributed by atoms with Gasteiger partial charge in [0.2, 0.25) is 10.9 Å². The lowest BCUT2D eigenvalue weighted by Gasteiger charge is -2.22. The highest BCUT2D eigenvalue weighted by Crippen LogP contribution is 2.44. The minimum atomic E-state index is -0.930. The summed E-state index contributed by atoms with van der Waals surface area (Å²) in [6, 6.07) is 7.20. The summed E-state index contributed by atoms with van der Waals surface area (Å²) in [6.07, 6.45) is 0.685. The van der Waals surface area contributed by atoms with Crippen LogP contribution in [0.1, 0.15) is 46.6 Å². The number of anilines is 1. The Bertz CT molecular complexity index is 1500. The molecule has 3 heterocycles. The number of hydrogen-bond donors (Lipinski definition) is 1. The molecule has 0 bridgehead atoms. The van der Waals surface area contributed by atoms with Crippen molar-refractivity contribution in [3.63, 3.8) is 0 Å². The number of hydrogen-bond acceptors (Lipinski definition) is 8. The van der Waals surface area contributed by atoms with E-state index in [2.05, 4.69) is 24.0 Å². The Kier molecular flexibility index (Phi) is 5.32. The molecule has 1 aliphatic rings. The molecule has 174 valence electrons. The van der Waals surface area contributed by atoms with Gasteiger partial charge in [-0.3, -0.25) is 14.5 Å². The minimum Gasteiger partial charge on any atom is -0.504 e. The molecule has 5 rings (SSSR count). The molecule has 34 heavy (non-hydrogen) atoms. The van der Waals surface area contributed by atoms with Crippen molar-refractivity contribution in [3.05, 3.63) is 74.3 Å². The third-order valence-electron chi connectivity index (χ3n) is 5.60. The minimum absolute atomic E-state index is 0.0295. The topological polar surface area (TPSA) is 106 Å². The van der Waals surface area contributed by atoms with E-state index in [1.165, 1.54) is 41.5 Å². The zero-order valence-electron chi connectivity index (χ0n) is 18.5. The van der Waals surface area contributed by atoms with E-state index in [-0.39, 0.29) is 33.8 Å². The Balaban J connectivity index is 1.76. The summed E-state index contributed by atoms with van der Waals surface area (Å²) in [5.74, 6) is -0.860. The predicted molar refractivity (Wildman–Crippen MR) is 124 cm³/mol. The van der Waals surface area contributed by atoms with E-state index in [1.807, 2.05) is 0 Å². The van der Waals surface area contributed by atoms with Gasteiger partial charge in [-0.15, -0.1) is 10.2 Å². The van der Waals surface area contributed by atoms with Crippen molar-refractivity contribution in [2.24, 2.45) is 5.92 Å². The Morgan fingerprint density at radius 1 is 1.21 bits per heavy atom. The number of ether oxygens (including phenoxy) is 1. The summed E-state index contributed by atoms with van der Waals surface area (Å²) in [7, 11) is 1.40. The highest BCUT2D eigenvalue weighted by molar-refractivity contribution is 7.15. The van der Waals surface area contributed by atoms with Crippen molar-refractivity contribution in [2.75, 3.05) is 12.0 Å². The molecule has 1 aliphatic heterocycles. The van der Waals surface area contributed by atoms with Crippen LogP contribution in [0.25, 0.3) is 11.0 Å². The van der Waals surface area contributed by atoms with Crippen molar-refractivity contribution >= 4 is 33.3 Å². The maximum atomic E-state index is 13.9. The number of methoxy groups -OCH3 is 1. The Labute approximate surface area is 197 Å². The highest BCUT2D eigenvalue weighted by atomic mass is 32.1. The Morgan fingerprint density at radius 3 is 2.74 bits per heavy atom. The van der Waals surface area contributed by atoms with Crippen LogP contribution in [-0.2, 0) is 6.42 Å². The molecule has 0 saturated carbocycles. The number of phenolic OH excluding ortho intramolecular Hbond substituents is 1. The lowest BCUT2D eigenvalue weighted by atomic mass is 9.98. The molecule has 8 nitrogen and oxygen atoms in total. The van der Waals surface area contributed by atoms with Gasteiger partial charge in [0, 0.05) is 6.42 Å². The van der Waals surface area contributed by atoms with Gasteiger partial charge in [0.15, 0.2) is 16.9 Å². The van der Waals surface area contributed by atoms with E-state index in [4.69, 9.17) is 9.15 Å². The molecule has 1 unspecified atom stereocenters. The van der Waals surface area contributed by atoms with Crippen molar-refractivity contribution in [3.8, 4) is 11.5 Å². The van der Waals surface area contributed by atoms with Gasteiger partial charge in [-0.1, -0.05) is 31.3 Å². The van der Waals surface area contributed by atoms with Gasteiger partial charge in [0.1, 0.15) is 16.4 Å². The smallest absolute Gasteiger partial charge is 0.297 e. The van der Waals surface area contributed by atoms with Gasteiger partial charge in [0.05, 0.1) is 24.1 Å². The number of benzene rings is 2. The number of fused-ring (bicyclic) bond motifs is 2. The maximum absolute atomic E-state index is 13.9.